The predicted octanol–water partition coefficient (Wildman–Crippen LogP) is 3.91. The van der Waals surface area contributed by atoms with E-state index in [0.29, 0.717) is 11.4 Å². The predicted molar refractivity (Wildman–Crippen MR) is 112 cm³/mol. The van der Waals surface area contributed by atoms with Crippen LogP contribution in [0.3, 0.4) is 0 Å². The number of nitrogens with zero attached hydrogens (tertiary/aromatic N) is 2. The maximum Gasteiger partial charge on any atom is 0.295 e. The molecule has 0 aliphatic rings. The molecule has 0 fully saturated rings. The van der Waals surface area contributed by atoms with Crippen molar-refractivity contribution >= 4 is 44.6 Å². The first-order chi connectivity index (χ1) is 13.9. The maximum atomic E-state index is 12.6. The molecule has 9 nitrogen and oxygen atoms in total. The standard InChI is InChI=1S/C18H16N4O5S2/c1-27-14-6-4-13(5-7-14)21-29(25,26)16-8-9-17(18(11-16)22(23)24)20-19-12-15-3-2-10-28-15/h2-12,20-21H,1H3/b19-12-. The highest BCUT2D eigenvalue weighted by Crippen LogP contribution is 2.29. The largest absolute Gasteiger partial charge is 0.497 e. The zero-order valence-corrected chi connectivity index (χ0v) is 16.7. The quantitative estimate of drug-likeness (QED) is 0.316. The van der Waals surface area contributed by atoms with Crippen LogP contribution in [0, 0.1) is 10.1 Å². The third kappa shape index (κ3) is 5.09. The van der Waals surface area contributed by atoms with Crippen molar-refractivity contribution in [2.24, 2.45) is 5.10 Å². The fourth-order valence-electron chi connectivity index (χ4n) is 2.33. The van der Waals surface area contributed by atoms with E-state index in [-0.39, 0.29) is 10.6 Å². The summed E-state index contributed by atoms with van der Waals surface area (Å²) < 4.78 is 32.6. The Bertz CT molecular complexity index is 1130. The number of anilines is 2. The first-order valence-corrected chi connectivity index (χ1v) is 10.5. The van der Waals surface area contributed by atoms with Gasteiger partial charge in [-0.05, 0) is 47.8 Å². The van der Waals surface area contributed by atoms with Gasteiger partial charge in [0, 0.05) is 16.6 Å². The number of methoxy groups -OCH3 is 1. The van der Waals surface area contributed by atoms with Gasteiger partial charge in [0.15, 0.2) is 0 Å². The lowest BCUT2D eigenvalue weighted by Gasteiger charge is -2.10. The lowest BCUT2D eigenvalue weighted by molar-refractivity contribution is -0.384. The van der Waals surface area contributed by atoms with E-state index in [4.69, 9.17) is 4.74 Å². The van der Waals surface area contributed by atoms with Gasteiger partial charge in [0.05, 0.1) is 23.1 Å². The molecule has 3 aromatic rings. The van der Waals surface area contributed by atoms with E-state index in [0.717, 1.165) is 10.9 Å². The molecule has 0 spiro atoms. The Morgan fingerprint density at radius 3 is 2.55 bits per heavy atom. The lowest BCUT2D eigenvalue weighted by atomic mass is 10.3. The van der Waals surface area contributed by atoms with Gasteiger partial charge in [0.1, 0.15) is 11.4 Å². The second-order valence-corrected chi connectivity index (χ2v) is 8.32. The van der Waals surface area contributed by atoms with E-state index >= 15 is 0 Å². The zero-order valence-electron chi connectivity index (χ0n) is 15.1. The number of hydrazone groups is 1. The molecule has 0 saturated carbocycles. The van der Waals surface area contributed by atoms with Crippen molar-refractivity contribution in [2.45, 2.75) is 4.90 Å². The molecule has 0 radical (unpaired) electrons. The smallest absolute Gasteiger partial charge is 0.295 e. The minimum atomic E-state index is -4.02. The van der Waals surface area contributed by atoms with Gasteiger partial charge in [-0.3, -0.25) is 20.3 Å². The van der Waals surface area contributed by atoms with Crippen molar-refractivity contribution in [3.63, 3.8) is 0 Å². The fourth-order valence-corrected chi connectivity index (χ4v) is 3.99. The summed E-state index contributed by atoms with van der Waals surface area (Å²) >= 11 is 1.46. The molecule has 1 heterocycles. The van der Waals surface area contributed by atoms with E-state index in [2.05, 4.69) is 15.2 Å². The van der Waals surface area contributed by atoms with Crippen molar-refractivity contribution in [1.82, 2.24) is 0 Å². The minimum absolute atomic E-state index is 0.0752. The average molecular weight is 432 g/mol. The number of ether oxygens (including phenoxy) is 1. The van der Waals surface area contributed by atoms with Gasteiger partial charge in [-0.15, -0.1) is 11.3 Å². The van der Waals surface area contributed by atoms with Gasteiger partial charge in [-0.25, -0.2) is 8.42 Å². The van der Waals surface area contributed by atoms with Gasteiger partial charge >= 0.3 is 0 Å². The molecule has 29 heavy (non-hydrogen) atoms. The average Bonchev–Trinajstić information content (AvgIpc) is 3.22. The van der Waals surface area contributed by atoms with E-state index in [1.807, 2.05) is 17.5 Å². The second kappa shape index (κ2) is 8.71. The zero-order chi connectivity index (χ0) is 20.9. The molecule has 11 heteroatoms. The van der Waals surface area contributed by atoms with Gasteiger partial charge in [-0.2, -0.15) is 5.10 Å². The Hall–Kier alpha value is -3.44. The van der Waals surface area contributed by atoms with Crippen LogP contribution in [0.15, 0.2) is 70.0 Å². The molecule has 0 amide bonds. The number of sulfonamides is 1. The van der Waals surface area contributed by atoms with Crippen LogP contribution in [0.1, 0.15) is 4.88 Å². The van der Waals surface area contributed by atoms with E-state index in [1.54, 1.807) is 12.1 Å². The van der Waals surface area contributed by atoms with Crippen molar-refractivity contribution in [3.05, 3.63) is 75.0 Å². The molecule has 0 bridgehead atoms. The van der Waals surface area contributed by atoms with Crippen molar-refractivity contribution in [1.29, 1.82) is 0 Å². The van der Waals surface area contributed by atoms with Gasteiger partial charge in [-0.1, -0.05) is 6.07 Å². The molecule has 0 saturated heterocycles. The summed E-state index contributed by atoms with van der Waals surface area (Å²) in [4.78, 5) is 11.4. The molecular formula is C18H16N4O5S2. The molecule has 0 aliphatic heterocycles. The molecule has 150 valence electrons. The number of rotatable bonds is 8. The Balaban J connectivity index is 1.83. The summed E-state index contributed by atoms with van der Waals surface area (Å²) in [5, 5.41) is 17.2. The number of thiophene rings is 1. The number of hydrogen-bond acceptors (Lipinski definition) is 8. The third-order valence-corrected chi connectivity index (χ3v) is 5.92. The highest BCUT2D eigenvalue weighted by atomic mass is 32.2. The first kappa shape index (κ1) is 20.3. The van der Waals surface area contributed by atoms with Crippen LogP contribution in [0.2, 0.25) is 0 Å². The summed E-state index contributed by atoms with van der Waals surface area (Å²) in [7, 11) is -2.52. The van der Waals surface area contributed by atoms with Crippen LogP contribution in [-0.4, -0.2) is 26.7 Å². The lowest BCUT2D eigenvalue weighted by Crippen LogP contribution is -2.13. The highest BCUT2D eigenvalue weighted by molar-refractivity contribution is 7.92. The summed E-state index contributed by atoms with van der Waals surface area (Å²) in [5.41, 5.74) is 2.55. The van der Waals surface area contributed by atoms with Gasteiger partial charge in [0.25, 0.3) is 15.7 Å². The monoisotopic (exact) mass is 432 g/mol. The third-order valence-electron chi connectivity index (χ3n) is 3.74. The first-order valence-electron chi connectivity index (χ1n) is 8.17. The summed E-state index contributed by atoms with van der Waals surface area (Å²) in [6.45, 7) is 0. The fraction of sp³-hybridized carbons (Fsp3) is 0.0556. The maximum absolute atomic E-state index is 12.6. The van der Waals surface area contributed by atoms with Crippen LogP contribution in [0.5, 0.6) is 5.75 Å². The SMILES string of the molecule is COc1ccc(NS(=O)(=O)c2ccc(N/N=C\c3cccs3)c([N+](=O)[O-])c2)cc1. The molecule has 0 unspecified atom stereocenters. The molecule has 1 aromatic heterocycles. The Morgan fingerprint density at radius 2 is 1.93 bits per heavy atom. The molecule has 3 rings (SSSR count). The Labute approximate surface area is 170 Å². The van der Waals surface area contributed by atoms with E-state index < -0.39 is 20.6 Å². The number of hydrogen-bond donors (Lipinski definition) is 2. The van der Waals surface area contributed by atoms with Crippen molar-refractivity contribution < 1.29 is 18.1 Å². The van der Waals surface area contributed by atoms with Crippen LogP contribution in [0.25, 0.3) is 0 Å². The number of nitrogens with one attached hydrogen (secondary N) is 2. The Kier molecular flexibility index (Phi) is 6.10. The highest BCUT2D eigenvalue weighted by Gasteiger charge is 2.21. The molecule has 2 N–H and O–H groups in total. The number of benzene rings is 2. The summed E-state index contributed by atoms with van der Waals surface area (Å²) in [5.74, 6) is 0.571. The second-order valence-electron chi connectivity index (χ2n) is 5.66. The molecular weight excluding hydrogens is 416 g/mol. The summed E-state index contributed by atoms with van der Waals surface area (Å²) in [6, 6.07) is 13.5. The minimum Gasteiger partial charge on any atom is -0.497 e. The van der Waals surface area contributed by atoms with Crippen molar-refractivity contribution in [3.8, 4) is 5.75 Å². The number of nitro benzene ring substituents is 1. The van der Waals surface area contributed by atoms with E-state index in [1.165, 1.54) is 48.9 Å². The molecule has 2 aromatic carbocycles. The van der Waals surface area contributed by atoms with Crippen LogP contribution < -0.4 is 14.9 Å². The topological polar surface area (TPSA) is 123 Å². The Morgan fingerprint density at radius 1 is 1.17 bits per heavy atom. The normalized spacial score (nSPS) is 11.3. The van der Waals surface area contributed by atoms with Gasteiger partial charge < -0.3 is 4.74 Å². The van der Waals surface area contributed by atoms with Crippen LogP contribution in [0.4, 0.5) is 17.1 Å². The van der Waals surface area contributed by atoms with Crippen molar-refractivity contribution in [2.75, 3.05) is 17.3 Å². The van der Waals surface area contributed by atoms with E-state index in [9.17, 15) is 18.5 Å². The summed E-state index contributed by atoms with van der Waals surface area (Å²) in [6.07, 6.45) is 1.52. The molecule has 0 aliphatic carbocycles. The molecule has 0 atom stereocenters. The number of nitro groups is 1. The van der Waals surface area contributed by atoms with Crippen LogP contribution >= 0.6 is 11.3 Å². The van der Waals surface area contributed by atoms with Crippen LogP contribution in [-0.2, 0) is 10.0 Å². The van der Waals surface area contributed by atoms with Gasteiger partial charge in [0.2, 0.25) is 0 Å².